The third-order valence-corrected chi connectivity index (χ3v) is 4.69. The minimum Gasteiger partial charge on any atom is -0.352 e. The van der Waals surface area contributed by atoms with Crippen molar-refractivity contribution in [3.63, 3.8) is 0 Å². The van der Waals surface area contributed by atoms with Gasteiger partial charge in [-0.05, 0) is 36.1 Å². The first-order valence-electron chi connectivity index (χ1n) is 9.34. The first-order chi connectivity index (χ1) is 13.1. The van der Waals surface area contributed by atoms with Crippen molar-refractivity contribution in [2.45, 2.75) is 31.8 Å². The van der Waals surface area contributed by atoms with Gasteiger partial charge in [0.25, 0.3) is 0 Å². The maximum absolute atomic E-state index is 12.2. The van der Waals surface area contributed by atoms with Crippen molar-refractivity contribution in [2.24, 2.45) is 5.73 Å². The number of hydrogen-bond acceptors (Lipinski definition) is 3. The first kappa shape index (κ1) is 18.9. The summed E-state index contributed by atoms with van der Waals surface area (Å²) in [5.74, 6) is -0.0992. The number of nitrogens with zero attached hydrogens (tertiary/aromatic N) is 1. The van der Waals surface area contributed by atoms with Gasteiger partial charge in [-0.25, -0.2) is 4.79 Å². The highest BCUT2D eigenvalue weighted by Crippen LogP contribution is 2.15. The Balaban J connectivity index is 1.49. The van der Waals surface area contributed by atoms with Crippen LogP contribution < -0.4 is 16.4 Å². The summed E-state index contributed by atoms with van der Waals surface area (Å²) in [7, 11) is 0. The van der Waals surface area contributed by atoms with Gasteiger partial charge in [-0.2, -0.15) is 0 Å². The number of anilines is 1. The van der Waals surface area contributed by atoms with Gasteiger partial charge in [0.1, 0.15) is 0 Å². The highest BCUT2D eigenvalue weighted by molar-refractivity contribution is 5.89. The topological polar surface area (TPSA) is 87.5 Å². The van der Waals surface area contributed by atoms with E-state index in [1.165, 1.54) is 0 Å². The van der Waals surface area contributed by atoms with Crippen molar-refractivity contribution in [1.29, 1.82) is 0 Å². The molecule has 0 aliphatic carbocycles. The van der Waals surface area contributed by atoms with Gasteiger partial charge in [0, 0.05) is 37.8 Å². The van der Waals surface area contributed by atoms with Crippen molar-refractivity contribution >= 4 is 17.6 Å². The summed E-state index contributed by atoms with van der Waals surface area (Å²) in [5, 5.41) is 5.81. The Labute approximate surface area is 159 Å². The lowest BCUT2D eigenvalue weighted by Crippen LogP contribution is -2.32. The lowest BCUT2D eigenvalue weighted by Gasteiger charge is -2.16. The van der Waals surface area contributed by atoms with Crippen molar-refractivity contribution in [1.82, 2.24) is 10.2 Å². The molecule has 1 unspecified atom stereocenters. The summed E-state index contributed by atoms with van der Waals surface area (Å²) in [6.45, 7) is 2.01. The van der Waals surface area contributed by atoms with E-state index in [4.69, 9.17) is 5.73 Å². The number of benzene rings is 2. The Morgan fingerprint density at radius 1 is 1.04 bits per heavy atom. The lowest BCUT2D eigenvalue weighted by atomic mass is 10.0. The van der Waals surface area contributed by atoms with Gasteiger partial charge >= 0.3 is 6.03 Å². The summed E-state index contributed by atoms with van der Waals surface area (Å²) in [5.41, 5.74) is 8.70. The molecule has 1 heterocycles. The minimum atomic E-state index is -0.322. The number of nitrogens with one attached hydrogen (secondary N) is 2. The molecule has 2 aromatic rings. The summed E-state index contributed by atoms with van der Waals surface area (Å²) < 4.78 is 0. The van der Waals surface area contributed by atoms with E-state index in [-0.39, 0.29) is 24.4 Å². The van der Waals surface area contributed by atoms with Gasteiger partial charge in [-0.3, -0.25) is 4.79 Å². The van der Waals surface area contributed by atoms with Crippen molar-refractivity contribution < 1.29 is 9.59 Å². The molecule has 1 aliphatic rings. The van der Waals surface area contributed by atoms with Gasteiger partial charge in [-0.15, -0.1) is 0 Å². The van der Waals surface area contributed by atoms with Crippen molar-refractivity contribution in [2.75, 3.05) is 18.4 Å². The normalized spacial score (nSPS) is 14.6. The molecule has 3 rings (SSSR count). The molecule has 6 heteroatoms. The zero-order valence-corrected chi connectivity index (χ0v) is 15.4. The number of hydrogen-bond donors (Lipinski definition) is 3. The van der Waals surface area contributed by atoms with Gasteiger partial charge < -0.3 is 21.3 Å². The third kappa shape index (κ3) is 5.56. The minimum absolute atomic E-state index is 0.0671. The van der Waals surface area contributed by atoms with Crippen LogP contribution in [0.25, 0.3) is 0 Å². The number of carbonyl (C=O) groups excluding carboxylic acids is 2. The second kappa shape index (κ2) is 9.19. The quantitative estimate of drug-likeness (QED) is 0.734. The molecule has 1 aliphatic heterocycles. The van der Waals surface area contributed by atoms with Crippen LogP contribution >= 0.6 is 0 Å². The summed E-state index contributed by atoms with van der Waals surface area (Å²) in [6.07, 6.45) is 2.35. The van der Waals surface area contributed by atoms with Crippen LogP contribution in [0.15, 0.2) is 54.6 Å². The van der Waals surface area contributed by atoms with E-state index in [0.717, 1.165) is 42.7 Å². The molecule has 27 heavy (non-hydrogen) atoms. The molecule has 142 valence electrons. The average molecular weight is 366 g/mol. The molecule has 0 spiro atoms. The van der Waals surface area contributed by atoms with E-state index >= 15 is 0 Å². The number of carbonyl (C=O) groups is 2. The van der Waals surface area contributed by atoms with Crippen molar-refractivity contribution in [3.05, 3.63) is 65.7 Å². The van der Waals surface area contributed by atoms with E-state index in [2.05, 4.69) is 10.6 Å². The second-order valence-corrected chi connectivity index (χ2v) is 6.82. The van der Waals surface area contributed by atoms with E-state index in [1.54, 1.807) is 0 Å². The summed E-state index contributed by atoms with van der Waals surface area (Å²) in [6, 6.07) is 16.7. The van der Waals surface area contributed by atoms with Gasteiger partial charge in [-0.1, -0.05) is 42.5 Å². The molecule has 0 saturated carbocycles. The maximum atomic E-state index is 12.2. The molecule has 2 aromatic carbocycles. The largest absolute Gasteiger partial charge is 0.352 e. The molecule has 1 atom stereocenters. The molecule has 3 amide bonds. The van der Waals surface area contributed by atoms with Gasteiger partial charge in [0.05, 0.1) is 0 Å². The number of nitrogens with two attached hydrogens (primary N) is 1. The smallest absolute Gasteiger partial charge is 0.321 e. The van der Waals surface area contributed by atoms with Crippen molar-refractivity contribution in [3.8, 4) is 0 Å². The molecule has 1 saturated heterocycles. The van der Waals surface area contributed by atoms with E-state index in [0.29, 0.717) is 6.54 Å². The Hall–Kier alpha value is -2.86. The number of urea groups is 1. The predicted molar refractivity (Wildman–Crippen MR) is 106 cm³/mol. The van der Waals surface area contributed by atoms with Gasteiger partial charge in [0.15, 0.2) is 0 Å². The SMILES string of the molecule is NC(CC(=O)NCc1cccc(NC(=O)N2CCCC2)c1)c1ccccc1. The maximum Gasteiger partial charge on any atom is 0.321 e. The summed E-state index contributed by atoms with van der Waals surface area (Å²) in [4.78, 5) is 26.2. The highest BCUT2D eigenvalue weighted by atomic mass is 16.2. The van der Waals surface area contributed by atoms with Crippen LogP contribution in [0.5, 0.6) is 0 Å². The molecule has 1 fully saturated rings. The van der Waals surface area contributed by atoms with E-state index in [9.17, 15) is 9.59 Å². The fourth-order valence-corrected chi connectivity index (χ4v) is 3.17. The Morgan fingerprint density at radius 2 is 1.78 bits per heavy atom. The average Bonchev–Trinajstić information content (AvgIpc) is 3.22. The standard InChI is InChI=1S/C21H26N4O2/c22-19(17-8-2-1-3-9-17)14-20(26)23-15-16-7-6-10-18(13-16)24-21(27)25-11-4-5-12-25/h1-3,6-10,13,19H,4-5,11-12,14-15,22H2,(H,23,26)(H,24,27). The fourth-order valence-electron chi connectivity index (χ4n) is 3.17. The lowest BCUT2D eigenvalue weighted by molar-refractivity contribution is -0.121. The molecule has 0 aromatic heterocycles. The second-order valence-electron chi connectivity index (χ2n) is 6.82. The highest BCUT2D eigenvalue weighted by Gasteiger charge is 2.17. The molecular weight excluding hydrogens is 340 g/mol. The van der Waals surface area contributed by atoms with Crippen LogP contribution in [0.3, 0.4) is 0 Å². The van der Waals surface area contributed by atoms with E-state index in [1.807, 2.05) is 59.5 Å². The predicted octanol–water partition coefficient (Wildman–Crippen LogP) is 3.02. The molecule has 6 nitrogen and oxygen atoms in total. The Bertz CT molecular complexity index is 773. The fraction of sp³-hybridized carbons (Fsp3) is 0.333. The zero-order chi connectivity index (χ0) is 19.1. The number of amides is 3. The van der Waals surface area contributed by atoms with Gasteiger partial charge in [0.2, 0.25) is 5.91 Å². The Morgan fingerprint density at radius 3 is 2.52 bits per heavy atom. The zero-order valence-electron chi connectivity index (χ0n) is 15.4. The molecule has 4 N–H and O–H groups in total. The van der Waals surface area contributed by atoms with Crippen LogP contribution in [0.1, 0.15) is 36.4 Å². The van der Waals surface area contributed by atoms with E-state index < -0.39 is 0 Å². The van der Waals surface area contributed by atoms with Crippen LogP contribution in [-0.2, 0) is 11.3 Å². The molecular formula is C21H26N4O2. The first-order valence-corrected chi connectivity index (χ1v) is 9.34. The van der Waals surface area contributed by atoms with Crippen LogP contribution in [0.4, 0.5) is 10.5 Å². The van der Waals surface area contributed by atoms with Crippen LogP contribution in [0, 0.1) is 0 Å². The third-order valence-electron chi connectivity index (χ3n) is 4.69. The van der Waals surface area contributed by atoms with Crippen LogP contribution in [0.2, 0.25) is 0 Å². The van der Waals surface area contributed by atoms with Crippen LogP contribution in [-0.4, -0.2) is 29.9 Å². The number of likely N-dealkylation sites (tertiary alicyclic amines) is 1. The monoisotopic (exact) mass is 366 g/mol. The Kier molecular flexibility index (Phi) is 6.44. The molecule has 0 bridgehead atoms. The molecule has 0 radical (unpaired) electrons. The number of rotatable bonds is 6. The summed E-state index contributed by atoms with van der Waals surface area (Å²) >= 11 is 0.